The number of fused-ring (bicyclic) bond motifs is 1. The summed E-state index contributed by atoms with van der Waals surface area (Å²) in [5.74, 6) is 0. The van der Waals surface area contributed by atoms with Gasteiger partial charge in [-0.3, -0.25) is 14.3 Å². The van der Waals surface area contributed by atoms with Crippen LogP contribution in [0, 0.1) is 0 Å². The predicted molar refractivity (Wildman–Crippen MR) is 71.1 cm³/mol. The Morgan fingerprint density at radius 2 is 1.95 bits per heavy atom. The molecule has 6 nitrogen and oxygen atoms in total. The van der Waals surface area contributed by atoms with Crippen LogP contribution in [0.3, 0.4) is 0 Å². The van der Waals surface area contributed by atoms with Gasteiger partial charge in [0.05, 0.1) is 12.9 Å². The fourth-order valence-corrected chi connectivity index (χ4v) is 2.03. The van der Waals surface area contributed by atoms with Crippen molar-refractivity contribution in [2.24, 2.45) is 7.05 Å². The number of hydrogen-bond acceptors (Lipinski definition) is 3. The molecule has 1 N–H and O–H groups in total. The minimum atomic E-state index is -0.324. The maximum atomic E-state index is 11.9. The SMILES string of the molecule is Cn1cnc2c([nH]c(=O)n2Cc2ccccc2)c1=O. The Labute approximate surface area is 108 Å². The van der Waals surface area contributed by atoms with Crippen molar-refractivity contribution < 1.29 is 0 Å². The molecule has 3 aromatic rings. The van der Waals surface area contributed by atoms with Gasteiger partial charge in [0, 0.05) is 7.05 Å². The molecule has 0 unspecified atom stereocenters. The second-order valence-corrected chi connectivity index (χ2v) is 4.36. The molecule has 0 aliphatic carbocycles. The molecule has 0 bridgehead atoms. The number of aryl methyl sites for hydroxylation is 1. The first kappa shape index (κ1) is 11.5. The van der Waals surface area contributed by atoms with Crippen molar-refractivity contribution in [3.05, 3.63) is 63.1 Å². The Bertz CT molecular complexity index is 842. The number of H-pyrrole nitrogens is 1. The van der Waals surface area contributed by atoms with Crippen LogP contribution in [0.2, 0.25) is 0 Å². The topological polar surface area (TPSA) is 72.7 Å². The summed E-state index contributed by atoms with van der Waals surface area (Å²) in [6.45, 7) is 0.389. The van der Waals surface area contributed by atoms with Crippen molar-refractivity contribution in [1.82, 2.24) is 19.1 Å². The Hall–Kier alpha value is -2.63. The summed E-state index contributed by atoms with van der Waals surface area (Å²) in [5, 5.41) is 0. The van der Waals surface area contributed by atoms with Crippen LogP contribution in [0.5, 0.6) is 0 Å². The van der Waals surface area contributed by atoms with Crippen LogP contribution >= 0.6 is 0 Å². The molecule has 0 aliphatic heterocycles. The predicted octanol–water partition coefficient (Wildman–Crippen LogP) is 0.472. The zero-order valence-electron chi connectivity index (χ0n) is 10.3. The maximum Gasteiger partial charge on any atom is 0.328 e. The average molecular weight is 256 g/mol. The van der Waals surface area contributed by atoms with Gasteiger partial charge in [-0.2, -0.15) is 0 Å². The number of aromatic nitrogens is 4. The molecule has 0 radical (unpaired) electrons. The molecule has 0 saturated carbocycles. The van der Waals surface area contributed by atoms with Crippen molar-refractivity contribution in [1.29, 1.82) is 0 Å². The van der Waals surface area contributed by atoms with Crippen LogP contribution in [0.1, 0.15) is 5.56 Å². The minimum absolute atomic E-state index is 0.242. The summed E-state index contributed by atoms with van der Waals surface area (Å²) in [5.41, 5.74) is 1.03. The number of hydrogen-bond donors (Lipinski definition) is 1. The Morgan fingerprint density at radius 1 is 1.21 bits per heavy atom. The van der Waals surface area contributed by atoms with Crippen LogP contribution in [0.25, 0.3) is 11.2 Å². The molecule has 0 amide bonds. The van der Waals surface area contributed by atoms with Crippen LogP contribution < -0.4 is 11.2 Å². The summed E-state index contributed by atoms with van der Waals surface area (Å²) in [6.07, 6.45) is 1.42. The van der Waals surface area contributed by atoms with E-state index >= 15 is 0 Å². The molecule has 0 aliphatic rings. The lowest BCUT2D eigenvalue weighted by Crippen LogP contribution is -2.18. The highest BCUT2D eigenvalue weighted by Gasteiger charge is 2.11. The Balaban J connectivity index is 2.20. The van der Waals surface area contributed by atoms with Gasteiger partial charge in [-0.25, -0.2) is 9.78 Å². The van der Waals surface area contributed by atoms with Gasteiger partial charge in [-0.1, -0.05) is 30.3 Å². The second-order valence-electron chi connectivity index (χ2n) is 4.36. The lowest BCUT2D eigenvalue weighted by molar-refractivity contribution is 0.771. The van der Waals surface area contributed by atoms with Gasteiger partial charge in [0.25, 0.3) is 5.56 Å². The number of benzene rings is 1. The van der Waals surface area contributed by atoms with Crippen molar-refractivity contribution >= 4 is 11.2 Å². The quantitative estimate of drug-likeness (QED) is 0.724. The van der Waals surface area contributed by atoms with E-state index in [0.29, 0.717) is 12.2 Å². The first-order chi connectivity index (χ1) is 9.16. The highest BCUT2D eigenvalue weighted by atomic mass is 16.2. The molecule has 19 heavy (non-hydrogen) atoms. The lowest BCUT2D eigenvalue weighted by atomic mass is 10.2. The van der Waals surface area contributed by atoms with E-state index in [1.165, 1.54) is 15.5 Å². The first-order valence-corrected chi connectivity index (χ1v) is 5.85. The fourth-order valence-electron chi connectivity index (χ4n) is 2.03. The fraction of sp³-hybridized carbons (Fsp3) is 0.154. The smallest absolute Gasteiger partial charge is 0.300 e. The summed E-state index contributed by atoms with van der Waals surface area (Å²) in [4.78, 5) is 30.5. The summed E-state index contributed by atoms with van der Waals surface area (Å²) in [6, 6.07) is 9.57. The molecular weight excluding hydrogens is 244 g/mol. The molecule has 2 heterocycles. The van der Waals surface area contributed by atoms with Gasteiger partial charge in [0.1, 0.15) is 0 Å². The van der Waals surface area contributed by atoms with E-state index in [-0.39, 0.29) is 16.8 Å². The van der Waals surface area contributed by atoms with Gasteiger partial charge in [-0.05, 0) is 5.56 Å². The molecule has 96 valence electrons. The highest BCUT2D eigenvalue weighted by molar-refractivity contribution is 5.69. The monoisotopic (exact) mass is 256 g/mol. The molecule has 0 saturated heterocycles. The highest BCUT2D eigenvalue weighted by Crippen LogP contribution is 2.05. The van der Waals surface area contributed by atoms with Crippen LogP contribution in [0.4, 0.5) is 0 Å². The standard InChI is InChI=1S/C13H12N4O2/c1-16-8-14-11-10(12(16)18)15-13(19)17(11)7-9-5-3-2-4-6-9/h2-6,8H,7H2,1H3,(H,15,19). The van der Waals surface area contributed by atoms with Gasteiger partial charge < -0.3 is 4.57 Å². The molecule has 3 rings (SSSR count). The van der Waals surface area contributed by atoms with Crippen LogP contribution in [-0.2, 0) is 13.6 Å². The minimum Gasteiger partial charge on any atom is -0.300 e. The van der Waals surface area contributed by atoms with Gasteiger partial charge >= 0.3 is 5.69 Å². The van der Waals surface area contributed by atoms with Gasteiger partial charge in [0.2, 0.25) is 0 Å². The molecule has 2 aromatic heterocycles. The van der Waals surface area contributed by atoms with Crippen molar-refractivity contribution in [3.8, 4) is 0 Å². The molecule has 1 aromatic carbocycles. The van der Waals surface area contributed by atoms with Crippen molar-refractivity contribution in [2.75, 3.05) is 0 Å². The third-order valence-corrected chi connectivity index (χ3v) is 3.03. The summed E-state index contributed by atoms with van der Waals surface area (Å²) >= 11 is 0. The van der Waals surface area contributed by atoms with E-state index < -0.39 is 0 Å². The van der Waals surface area contributed by atoms with E-state index in [0.717, 1.165) is 5.56 Å². The summed E-state index contributed by atoms with van der Waals surface area (Å²) < 4.78 is 2.80. The van der Waals surface area contributed by atoms with E-state index in [4.69, 9.17) is 0 Å². The van der Waals surface area contributed by atoms with Crippen molar-refractivity contribution in [3.63, 3.8) is 0 Å². The first-order valence-electron chi connectivity index (χ1n) is 5.85. The largest absolute Gasteiger partial charge is 0.328 e. The van der Waals surface area contributed by atoms with E-state index in [1.807, 2.05) is 30.3 Å². The normalized spacial score (nSPS) is 11.0. The van der Waals surface area contributed by atoms with Crippen LogP contribution in [-0.4, -0.2) is 19.1 Å². The van der Waals surface area contributed by atoms with Gasteiger partial charge in [-0.15, -0.1) is 0 Å². The number of nitrogens with one attached hydrogen (secondary N) is 1. The van der Waals surface area contributed by atoms with E-state index in [1.54, 1.807) is 7.05 Å². The summed E-state index contributed by atoms with van der Waals surface area (Å²) in [7, 11) is 1.60. The van der Waals surface area contributed by atoms with E-state index in [2.05, 4.69) is 9.97 Å². The number of aromatic amines is 1. The molecule has 0 fully saturated rings. The average Bonchev–Trinajstić information content (AvgIpc) is 2.73. The molecule has 0 atom stereocenters. The molecular formula is C13H12N4O2. The van der Waals surface area contributed by atoms with Gasteiger partial charge in [0.15, 0.2) is 11.2 Å². The number of nitrogens with zero attached hydrogens (tertiary/aromatic N) is 3. The number of imidazole rings is 1. The van der Waals surface area contributed by atoms with Crippen LogP contribution in [0.15, 0.2) is 46.2 Å². The van der Waals surface area contributed by atoms with E-state index in [9.17, 15) is 9.59 Å². The zero-order chi connectivity index (χ0) is 13.4. The number of rotatable bonds is 2. The Kier molecular flexibility index (Phi) is 2.56. The Morgan fingerprint density at radius 3 is 2.68 bits per heavy atom. The second kappa shape index (κ2) is 4.24. The third-order valence-electron chi connectivity index (χ3n) is 3.03. The molecule has 6 heteroatoms. The lowest BCUT2D eigenvalue weighted by Gasteiger charge is -2.03. The zero-order valence-corrected chi connectivity index (χ0v) is 10.3. The maximum absolute atomic E-state index is 11.9. The molecule has 0 spiro atoms. The third kappa shape index (κ3) is 1.87. The van der Waals surface area contributed by atoms with Crippen molar-refractivity contribution in [2.45, 2.75) is 6.54 Å².